The predicted octanol–water partition coefficient (Wildman–Crippen LogP) is 5.23. The van der Waals surface area contributed by atoms with E-state index in [4.69, 9.17) is 104 Å². The van der Waals surface area contributed by atoms with Gasteiger partial charge in [0.05, 0.1) is 0 Å². The average Bonchev–Trinajstić information content (AvgIpc) is 2.12. The number of hydrogen-bond acceptors (Lipinski definition) is 3. The second-order valence-corrected chi connectivity index (χ2v) is 9.67. The van der Waals surface area contributed by atoms with Gasteiger partial charge in [0.2, 0.25) is 0 Å². The van der Waals surface area contributed by atoms with E-state index in [0.717, 1.165) is 15.1 Å². The molecular weight excluding hydrogens is 433 g/mol. The number of rotatable bonds is 0. The summed E-state index contributed by atoms with van der Waals surface area (Å²) in [6.07, 6.45) is 2.96. The topological polar surface area (TPSA) is 9.72 Å². The molecule has 0 saturated heterocycles. The maximum Gasteiger partial charge on any atom is 0.282 e. The number of nitrogens with zero attached hydrogens (tertiary/aromatic N) is 3. The molecule has 1 heterocycles. The Hall–Kier alpha value is 2.07. The van der Waals surface area contributed by atoms with Crippen LogP contribution < -0.4 is 0 Å². The van der Waals surface area contributed by atoms with E-state index < -0.39 is 11.7 Å². The van der Waals surface area contributed by atoms with Gasteiger partial charge in [-0.15, -0.1) is 0 Å². The molecule has 0 radical (unpaired) electrons. The lowest BCUT2D eigenvalue weighted by Crippen LogP contribution is -2.64. The van der Waals surface area contributed by atoms with Crippen LogP contribution in [0.3, 0.4) is 0 Å². The third kappa shape index (κ3) is 4.54. The minimum absolute atomic E-state index is 0.141. The normalized spacial score (nSPS) is 20.6. The molecule has 18 heavy (non-hydrogen) atoms. The van der Waals surface area contributed by atoms with E-state index in [9.17, 15) is 0 Å². The van der Waals surface area contributed by atoms with Crippen molar-refractivity contribution in [3.05, 3.63) is 12.3 Å². The molecule has 0 bridgehead atoms. The van der Waals surface area contributed by atoms with E-state index in [1.165, 1.54) is 6.20 Å². The van der Waals surface area contributed by atoms with Crippen molar-refractivity contribution in [1.29, 1.82) is 0 Å². The molecule has 1 aliphatic heterocycles. The number of alkyl halides is 9. The van der Waals surface area contributed by atoms with Gasteiger partial charge in [0, 0.05) is 12.7 Å². The Labute approximate surface area is 149 Å². The van der Waals surface area contributed by atoms with E-state index in [0.29, 0.717) is 0 Å². The van der Waals surface area contributed by atoms with Gasteiger partial charge in [0.15, 0.2) is 0 Å². The summed E-state index contributed by atoms with van der Waals surface area (Å²) < 4.78 is -5.86. The average molecular weight is 437 g/mol. The Balaban J connectivity index is 3.22. The molecule has 0 unspecified atom stereocenters. The van der Waals surface area contributed by atoms with E-state index >= 15 is 0 Å². The van der Waals surface area contributed by atoms with E-state index in [2.05, 4.69) is 0 Å². The third-order valence-electron chi connectivity index (χ3n) is 1.74. The summed E-state index contributed by atoms with van der Waals surface area (Å²) in [5.41, 5.74) is 0. The van der Waals surface area contributed by atoms with Gasteiger partial charge in [-0.2, -0.15) is 5.01 Å². The van der Waals surface area contributed by atoms with Crippen LogP contribution in [0.2, 0.25) is 0 Å². The van der Waals surface area contributed by atoms with Gasteiger partial charge in [0.25, 0.3) is 11.7 Å². The highest BCUT2D eigenvalue weighted by Gasteiger charge is 2.51. The highest BCUT2D eigenvalue weighted by Crippen LogP contribution is 2.46. The van der Waals surface area contributed by atoms with Crippen LogP contribution >= 0.6 is 104 Å². The monoisotopic (exact) mass is 433 g/mol. The van der Waals surface area contributed by atoms with Gasteiger partial charge in [-0.25, -0.2) is 5.01 Å². The zero-order valence-corrected chi connectivity index (χ0v) is 14.9. The van der Waals surface area contributed by atoms with Gasteiger partial charge in [0.1, 0.15) is 0 Å². The van der Waals surface area contributed by atoms with Crippen molar-refractivity contribution in [2.24, 2.45) is 0 Å². The fourth-order valence-corrected chi connectivity index (χ4v) is 2.49. The van der Waals surface area contributed by atoms with Crippen LogP contribution in [0.15, 0.2) is 12.3 Å². The maximum absolute atomic E-state index is 5.80. The summed E-state index contributed by atoms with van der Waals surface area (Å²) in [6, 6.07) is 0. The quantitative estimate of drug-likeness (QED) is 0.380. The minimum atomic E-state index is -2.03. The highest BCUT2D eigenvalue weighted by atomic mass is 35.6. The summed E-state index contributed by atoms with van der Waals surface area (Å²) in [5.74, 6) is 0. The number of halogens is 9. The van der Waals surface area contributed by atoms with E-state index in [-0.39, 0.29) is 6.54 Å². The SMILES string of the molecule is ClC(Cl)(Cl)N1C=CCN(C(Cl)(Cl)Cl)N1C(Cl)(Cl)Cl. The molecule has 106 valence electrons. The largest absolute Gasteiger partial charge is 0.282 e. The number of hydrogen-bond donors (Lipinski definition) is 0. The van der Waals surface area contributed by atoms with Gasteiger partial charge in [-0.3, -0.25) is 0 Å². The lowest BCUT2D eigenvalue weighted by Gasteiger charge is -2.50. The van der Waals surface area contributed by atoms with Crippen molar-refractivity contribution < 1.29 is 0 Å². The van der Waals surface area contributed by atoms with Crippen LogP contribution in [0.1, 0.15) is 0 Å². The van der Waals surface area contributed by atoms with Crippen molar-refractivity contribution >= 4 is 104 Å². The molecule has 0 aliphatic carbocycles. The molecule has 0 aromatic rings. The maximum atomic E-state index is 5.80. The molecule has 3 nitrogen and oxygen atoms in total. The molecule has 0 aromatic heterocycles. The Morgan fingerprint density at radius 1 is 0.722 bits per heavy atom. The minimum Gasteiger partial charge on any atom is -0.248 e. The first-order chi connectivity index (χ1) is 7.85. The van der Waals surface area contributed by atoms with Gasteiger partial charge in [-0.1, -0.05) is 116 Å². The lowest BCUT2D eigenvalue weighted by molar-refractivity contribution is -0.176. The molecule has 1 rings (SSSR count). The van der Waals surface area contributed by atoms with Crippen molar-refractivity contribution in [3.63, 3.8) is 0 Å². The first-order valence-corrected chi connectivity index (χ1v) is 7.49. The van der Waals surface area contributed by atoms with E-state index in [1.54, 1.807) is 6.08 Å². The number of hydrazine groups is 2. The molecule has 0 atom stereocenters. The zero-order chi connectivity index (χ0) is 14.4. The molecule has 0 N–H and O–H groups in total. The molecule has 0 saturated carbocycles. The van der Waals surface area contributed by atoms with Gasteiger partial charge in [-0.05, 0) is 0 Å². The Morgan fingerprint density at radius 2 is 1.22 bits per heavy atom. The zero-order valence-electron chi connectivity index (χ0n) is 8.11. The summed E-state index contributed by atoms with van der Waals surface area (Å²) in [7, 11) is 0. The second-order valence-electron chi connectivity index (χ2n) is 3.00. The lowest BCUT2D eigenvalue weighted by atomic mass is 10.5. The first kappa shape index (κ1) is 18.1. The predicted molar refractivity (Wildman–Crippen MR) is 80.4 cm³/mol. The van der Waals surface area contributed by atoms with Crippen LogP contribution in [-0.4, -0.2) is 33.4 Å². The second kappa shape index (κ2) is 6.05. The first-order valence-electron chi connectivity index (χ1n) is 4.09. The Bertz CT molecular complexity index is 327. The summed E-state index contributed by atoms with van der Waals surface area (Å²) in [5, 5.41) is 3.00. The van der Waals surface area contributed by atoms with Crippen LogP contribution in [0.25, 0.3) is 0 Å². The molecule has 0 spiro atoms. The van der Waals surface area contributed by atoms with Crippen LogP contribution in [0.5, 0.6) is 0 Å². The standard InChI is InChI=1S/C6H4Cl9N3/c7-4(8,9)16-2-1-3-17(5(10,11)12)18(16)6(13,14)15/h1-2H,3H2. The molecular formula is C6H4Cl9N3. The van der Waals surface area contributed by atoms with Crippen LogP contribution in [0, 0.1) is 0 Å². The molecule has 1 aliphatic rings. The van der Waals surface area contributed by atoms with Crippen molar-refractivity contribution in [2.75, 3.05) is 6.54 Å². The van der Waals surface area contributed by atoms with Crippen LogP contribution in [-0.2, 0) is 0 Å². The van der Waals surface area contributed by atoms with Gasteiger partial charge < -0.3 is 0 Å². The fourth-order valence-electron chi connectivity index (χ4n) is 1.17. The molecule has 12 heteroatoms. The molecule has 0 amide bonds. The third-order valence-corrected chi connectivity index (χ3v) is 3.30. The Morgan fingerprint density at radius 3 is 1.56 bits per heavy atom. The summed E-state index contributed by atoms with van der Waals surface area (Å²) in [6.45, 7) is 0.141. The summed E-state index contributed by atoms with van der Waals surface area (Å²) in [4.78, 5) is 0. The highest BCUT2D eigenvalue weighted by molar-refractivity contribution is 6.69. The van der Waals surface area contributed by atoms with Gasteiger partial charge >= 0.3 is 0 Å². The van der Waals surface area contributed by atoms with E-state index in [1.807, 2.05) is 0 Å². The van der Waals surface area contributed by atoms with Crippen molar-refractivity contribution in [2.45, 2.75) is 11.7 Å². The molecule has 0 aromatic carbocycles. The summed E-state index contributed by atoms with van der Waals surface area (Å²) >= 11 is 52.0. The van der Waals surface area contributed by atoms with Crippen molar-refractivity contribution in [1.82, 2.24) is 15.1 Å². The Kier molecular flexibility index (Phi) is 6.09. The smallest absolute Gasteiger partial charge is 0.248 e. The van der Waals surface area contributed by atoms with Crippen LogP contribution in [0.4, 0.5) is 0 Å². The fraction of sp³-hybridized carbons (Fsp3) is 0.667. The molecule has 0 fully saturated rings. The van der Waals surface area contributed by atoms with Crippen molar-refractivity contribution in [3.8, 4) is 0 Å².